The fourth-order valence-corrected chi connectivity index (χ4v) is 2.91. The van der Waals surface area contributed by atoms with E-state index in [2.05, 4.69) is 0 Å². The molecule has 0 fully saturated rings. The molecule has 2 aromatic carbocycles. The fourth-order valence-electron chi connectivity index (χ4n) is 2.05. The van der Waals surface area contributed by atoms with Crippen LogP contribution in [0.2, 0.25) is 0 Å². The van der Waals surface area contributed by atoms with Crippen molar-refractivity contribution in [3.05, 3.63) is 53.8 Å². The third-order valence-electron chi connectivity index (χ3n) is 3.08. The van der Waals surface area contributed by atoms with E-state index in [1.807, 2.05) is 18.2 Å². The number of hydrogen-bond donors (Lipinski definition) is 1. The summed E-state index contributed by atoms with van der Waals surface area (Å²) in [6.07, 6.45) is 0. The molecule has 0 saturated heterocycles. The van der Waals surface area contributed by atoms with E-state index >= 15 is 0 Å². The lowest BCUT2D eigenvalue weighted by molar-refractivity contribution is 0.381. The number of ether oxygens (including phenoxy) is 2. The molecule has 2 N–H and O–H groups in total. The molecule has 0 saturated carbocycles. The van der Waals surface area contributed by atoms with Gasteiger partial charge in [0.05, 0.1) is 19.8 Å². The number of nitrogens with two attached hydrogens (primary N) is 1. The Hall–Kier alpha value is -1.72. The highest BCUT2D eigenvalue weighted by molar-refractivity contribution is 7.99. The Morgan fingerprint density at radius 3 is 2.14 bits per heavy atom. The number of methoxy groups -OCH3 is 2. The lowest BCUT2D eigenvalue weighted by Crippen LogP contribution is -2.15. The average molecular weight is 307 g/mol. The number of benzene rings is 2. The molecule has 0 heterocycles. The number of halogens is 1. The minimum Gasteiger partial charge on any atom is -0.496 e. The van der Waals surface area contributed by atoms with Crippen LogP contribution in [0.15, 0.2) is 47.4 Å². The van der Waals surface area contributed by atoms with E-state index in [1.165, 1.54) is 12.1 Å². The van der Waals surface area contributed by atoms with Crippen LogP contribution in [0.1, 0.15) is 11.6 Å². The first-order valence-electron chi connectivity index (χ1n) is 6.50. The summed E-state index contributed by atoms with van der Waals surface area (Å²) in [7, 11) is 3.22. The molecule has 0 aromatic heterocycles. The largest absolute Gasteiger partial charge is 0.496 e. The second kappa shape index (κ2) is 7.33. The summed E-state index contributed by atoms with van der Waals surface area (Å²) >= 11 is 1.57. The molecule has 0 aliphatic rings. The molecule has 0 amide bonds. The molecule has 5 heteroatoms. The molecule has 2 rings (SSSR count). The van der Waals surface area contributed by atoms with Crippen molar-refractivity contribution < 1.29 is 13.9 Å². The summed E-state index contributed by atoms with van der Waals surface area (Å²) in [6, 6.07) is 11.7. The molecule has 0 bridgehead atoms. The van der Waals surface area contributed by atoms with Crippen molar-refractivity contribution in [2.75, 3.05) is 20.0 Å². The highest BCUT2D eigenvalue weighted by Gasteiger charge is 2.17. The number of hydrogen-bond acceptors (Lipinski definition) is 4. The second-order valence-corrected chi connectivity index (χ2v) is 5.54. The average Bonchev–Trinajstić information content (AvgIpc) is 2.53. The SMILES string of the molecule is COc1cccc(OC)c1C(N)CSc1ccc(F)cc1. The van der Waals surface area contributed by atoms with Crippen LogP contribution < -0.4 is 15.2 Å². The quantitative estimate of drug-likeness (QED) is 0.828. The molecule has 1 unspecified atom stereocenters. The van der Waals surface area contributed by atoms with Crippen molar-refractivity contribution in [3.8, 4) is 11.5 Å². The molecule has 0 aliphatic heterocycles. The van der Waals surface area contributed by atoms with Crippen LogP contribution >= 0.6 is 11.8 Å². The van der Waals surface area contributed by atoms with Crippen LogP contribution in [0, 0.1) is 5.82 Å². The molecular weight excluding hydrogens is 289 g/mol. The predicted octanol–water partition coefficient (Wildman–Crippen LogP) is 3.64. The van der Waals surface area contributed by atoms with E-state index in [0.29, 0.717) is 17.3 Å². The van der Waals surface area contributed by atoms with Gasteiger partial charge in [-0.3, -0.25) is 0 Å². The van der Waals surface area contributed by atoms with Crippen molar-refractivity contribution in [3.63, 3.8) is 0 Å². The van der Waals surface area contributed by atoms with Crippen LogP contribution in [0.5, 0.6) is 11.5 Å². The molecule has 0 radical (unpaired) electrons. The Morgan fingerprint density at radius 2 is 1.62 bits per heavy atom. The van der Waals surface area contributed by atoms with E-state index in [0.717, 1.165) is 10.5 Å². The highest BCUT2D eigenvalue weighted by Crippen LogP contribution is 2.35. The van der Waals surface area contributed by atoms with E-state index in [4.69, 9.17) is 15.2 Å². The smallest absolute Gasteiger partial charge is 0.127 e. The Morgan fingerprint density at radius 1 is 1.05 bits per heavy atom. The summed E-state index contributed by atoms with van der Waals surface area (Å²) in [5.41, 5.74) is 7.12. The van der Waals surface area contributed by atoms with Gasteiger partial charge in [0.15, 0.2) is 0 Å². The molecule has 3 nitrogen and oxygen atoms in total. The maximum absolute atomic E-state index is 12.9. The van der Waals surface area contributed by atoms with Gasteiger partial charge in [0.1, 0.15) is 17.3 Å². The van der Waals surface area contributed by atoms with Gasteiger partial charge in [-0.15, -0.1) is 11.8 Å². The van der Waals surface area contributed by atoms with Crippen LogP contribution in [-0.2, 0) is 0 Å². The van der Waals surface area contributed by atoms with Gasteiger partial charge in [0.2, 0.25) is 0 Å². The van der Waals surface area contributed by atoms with E-state index in [-0.39, 0.29) is 11.9 Å². The molecular formula is C16H18FNO2S. The number of thioether (sulfide) groups is 1. The maximum Gasteiger partial charge on any atom is 0.127 e. The van der Waals surface area contributed by atoms with Crippen molar-refractivity contribution in [1.82, 2.24) is 0 Å². The van der Waals surface area contributed by atoms with Gasteiger partial charge in [-0.1, -0.05) is 6.07 Å². The lowest BCUT2D eigenvalue weighted by Gasteiger charge is -2.18. The van der Waals surface area contributed by atoms with Gasteiger partial charge < -0.3 is 15.2 Å². The first-order chi connectivity index (χ1) is 10.2. The molecule has 1 atom stereocenters. The molecule has 21 heavy (non-hydrogen) atoms. The van der Waals surface area contributed by atoms with Gasteiger partial charge >= 0.3 is 0 Å². The van der Waals surface area contributed by atoms with Gasteiger partial charge in [-0.05, 0) is 36.4 Å². The summed E-state index contributed by atoms with van der Waals surface area (Å²) < 4.78 is 23.6. The maximum atomic E-state index is 12.9. The Labute approximate surface area is 128 Å². The summed E-state index contributed by atoms with van der Waals surface area (Å²) in [5, 5.41) is 0. The Bertz CT molecular complexity index is 567. The standard InChI is InChI=1S/C16H18FNO2S/c1-19-14-4-3-5-15(20-2)16(14)13(18)10-21-12-8-6-11(17)7-9-12/h3-9,13H,10,18H2,1-2H3. The third-order valence-corrected chi connectivity index (χ3v) is 4.21. The summed E-state index contributed by atoms with van der Waals surface area (Å²) in [4.78, 5) is 0.973. The first-order valence-corrected chi connectivity index (χ1v) is 7.49. The predicted molar refractivity (Wildman–Crippen MR) is 83.6 cm³/mol. The van der Waals surface area contributed by atoms with Gasteiger partial charge in [-0.25, -0.2) is 4.39 Å². The van der Waals surface area contributed by atoms with Gasteiger partial charge in [0, 0.05) is 16.7 Å². The van der Waals surface area contributed by atoms with E-state index in [9.17, 15) is 4.39 Å². The monoisotopic (exact) mass is 307 g/mol. The molecule has 0 aliphatic carbocycles. The topological polar surface area (TPSA) is 44.5 Å². The third kappa shape index (κ3) is 3.89. The number of rotatable bonds is 6. The van der Waals surface area contributed by atoms with Crippen LogP contribution in [0.25, 0.3) is 0 Å². The van der Waals surface area contributed by atoms with E-state index in [1.54, 1.807) is 38.1 Å². The van der Waals surface area contributed by atoms with E-state index < -0.39 is 0 Å². The first kappa shape index (κ1) is 15.7. The van der Waals surface area contributed by atoms with Crippen LogP contribution in [-0.4, -0.2) is 20.0 Å². The zero-order valence-corrected chi connectivity index (χ0v) is 12.8. The Balaban J connectivity index is 2.12. The highest BCUT2D eigenvalue weighted by atomic mass is 32.2. The normalized spacial score (nSPS) is 12.0. The van der Waals surface area contributed by atoms with Crippen molar-refractivity contribution in [2.24, 2.45) is 5.73 Å². The second-order valence-electron chi connectivity index (χ2n) is 4.45. The minimum atomic E-state index is -0.244. The van der Waals surface area contributed by atoms with Crippen molar-refractivity contribution in [2.45, 2.75) is 10.9 Å². The van der Waals surface area contributed by atoms with Crippen molar-refractivity contribution >= 4 is 11.8 Å². The zero-order valence-electron chi connectivity index (χ0n) is 12.0. The molecule has 0 spiro atoms. The van der Waals surface area contributed by atoms with Crippen LogP contribution in [0.4, 0.5) is 4.39 Å². The summed E-state index contributed by atoms with van der Waals surface area (Å²) in [6.45, 7) is 0. The fraction of sp³-hybridized carbons (Fsp3) is 0.250. The van der Waals surface area contributed by atoms with Gasteiger partial charge in [0.25, 0.3) is 0 Å². The summed E-state index contributed by atoms with van der Waals surface area (Å²) in [5.74, 6) is 1.82. The van der Waals surface area contributed by atoms with Crippen LogP contribution in [0.3, 0.4) is 0 Å². The van der Waals surface area contributed by atoms with Gasteiger partial charge in [-0.2, -0.15) is 0 Å². The molecule has 2 aromatic rings. The lowest BCUT2D eigenvalue weighted by atomic mass is 10.1. The Kier molecular flexibility index (Phi) is 5.47. The zero-order chi connectivity index (χ0) is 15.2. The minimum absolute atomic E-state index is 0.241. The molecule has 112 valence electrons. The van der Waals surface area contributed by atoms with Crippen molar-refractivity contribution in [1.29, 1.82) is 0 Å².